The molecule has 9 heteroatoms. The summed E-state index contributed by atoms with van der Waals surface area (Å²) in [5.41, 5.74) is 1.26. The van der Waals surface area contributed by atoms with E-state index in [1.54, 1.807) is 14.2 Å². The fraction of sp³-hybridized carbons (Fsp3) is 0.321. The van der Waals surface area contributed by atoms with Crippen molar-refractivity contribution in [3.8, 4) is 11.5 Å². The van der Waals surface area contributed by atoms with E-state index in [4.69, 9.17) is 14.2 Å². The van der Waals surface area contributed by atoms with Gasteiger partial charge in [-0.05, 0) is 47.4 Å². The number of methoxy groups -OCH3 is 2. The van der Waals surface area contributed by atoms with E-state index in [9.17, 15) is 23.1 Å². The molecule has 0 saturated heterocycles. The van der Waals surface area contributed by atoms with Crippen LogP contribution in [0.2, 0.25) is 0 Å². The zero-order valence-electron chi connectivity index (χ0n) is 20.6. The first kappa shape index (κ1) is 28.0. The molecule has 0 saturated carbocycles. The first-order chi connectivity index (χ1) is 17.7. The summed E-state index contributed by atoms with van der Waals surface area (Å²) < 4.78 is 54.9. The summed E-state index contributed by atoms with van der Waals surface area (Å²) >= 11 is 0. The molecule has 0 heterocycles. The molecule has 3 aromatic rings. The number of rotatable bonds is 12. The number of halogens is 3. The largest absolute Gasteiger partial charge is 0.497 e. The zero-order chi connectivity index (χ0) is 26.9. The maximum atomic E-state index is 12.5. The normalized spacial score (nSPS) is 12.6. The molecule has 0 aromatic heterocycles. The molecule has 6 nitrogen and oxygen atoms in total. The number of carbonyl (C=O) groups excluding carboxylic acids is 1. The maximum absolute atomic E-state index is 12.5. The summed E-state index contributed by atoms with van der Waals surface area (Å²) in [7, 11) is 3.14. The van der Waals surface area contributed by atoms with E-state index in [0.717, 1.165) is 16.7 Å². The number of ether oxygens (including phenoxy) is 3. The quantitative estimate of drug-likeness (QED) is 0.341. The maximum Gasteiger partial charge on any atom is 0.471 e. The molecule has 3 aromatic carbocycles. The highest BCUT2D eigenvalue weighted by Gasteiger charge is 2.39. The molecule has 0 fully saturated rings. The Morgan fingerprint density at radius 3 is 1.76 bits per heavy atom. The van der Waals surface area contributed by atoms with Gasteiger partial charge in [0.25, 0.3) is 0 Å². The minimum atomic E-state index is -4.96. The topological polar surface area (TPSA) is 77.0 Å². The average molecular weight is 518 g/mol. The first-order valence-electron chi connectivity index (χ1n) is 11.7. The van der Waals surface area contributed by atoms with Crippen LogP contribution >= 0.6 is 0 Å². The van der Waals surface area contributed by atoms with Crippen LogP contribution in [0.5, 0.6) is 11.5 Å². The first-order valence-corrected chi connectivity index (χ1v) is 11.7. The van der Waals surface area contributed by atoms with Crippen molar-refractivity contribution in [1.82, 2.24) is 5.32 Å². The van der Waals surface area contributed by atoms with Crippen LogP contribution in [0.1, 0.15) is 23.1 Å². The molecular weight excluding hydrogens is 487 g/mol. The molecule has 1 unspecified atom stereocenters. The summed E-state index contributed by atoms with van der Waals surface area (Å²) in [6.45, 7) is -0.584. The van der Waals surface area contributed by atoms with Gasteiger partial charge in [-0.25, -0.2) is 0 Å². The van der Waals surface area contributed by atoms with Gasteiger partial charge >= 0.3 is 12.1 Å². The third-order valence-electron chi connectivity index (χ3n) is 6.06. The van der Waals surface area contributed by atoms with Crippen molar-refractivity contribution >= 4 is 5.91 Å². The summed E-state index contributed by atoms with van der Waals surface area (Å²) in [5, 5.41) is 11.8. The van der Waals surface area contributed by atoms with Gasteiger partial charge < -0.3 is 24.6 Å². The Morgan fingerprint density at radius 2 is 1.32 bits per heavy atom. The van der Waals surface area contributed by atoms with Crippen LogP contribution in [0.25, 0.3) is 0 Å². The standard InChI is InChI=1S/C28H30F3NO5/c1-35-24-12-8-22(9-13-24)27(21-6-4-3-5-7-21,23-10-14-25(36-2)15-11-23)37-19-20(18-33)16-17-32-26(34)28(29,30)31/h3-15,20,33H,16-19H2,1-2H3,(H,32,34). The van der Waals surface area contributed by atoms with E-state index in [-0.39, 0.29) is 26.2 Å². The minimum absolute atomic E-state index is 0.00530. The molecule has 0 aliphatic heterocycles. The number of aliphatic hydroxyl groups excluding tert-OH is 1. The van der Waals surface area contributed by atoms with Crippen molar-refractivity contribution < 1.29 is 37.3 Å². The van der Waals surface area contributed by atoms with Crippen molar-refractivity contribution in [3.63, 3.8) is 0 Å². The van der Waals surface area contributed by atoms with Crippen molar-refractivity contribution in [2.24, 2.45) is 5.92 Å². The number of benzene rings is 3. The summed E-state index contributed by atoms with van der Waals surface area (Å²) in [6, 6.07) is 24.3. The van der Waals surface area contributed by atoms with Crippen LogP contribution in [-0.4, -0.2) is 51.2 Å². The second-order valence-corrected chi connectivity index (χ2v) is 8.41. The van der Waals surface area contributed by atoms with E-state index >= 15 is 0 Å². The van der Waals surface area contributed by atoms with Crippen molar-refractivity contribution in [1.29, 1.82) is 0 Å². The highest BCUT2D eigenvalue weighted by Crippen LogP contribution is 2.42. The number of hydrogen-bond donors (Lipinski definition) is 2. The van der Waals surface area contributed by atoms with Crippen molar-refractivity contribution in [2.45, 2.75) is 18.2 Å². The van der Waals surface area contributed by atoms with Crippen molar-refractivity contribution in [3.05, 3.63) is 95.6 Å². The lowest BCUT2D eigenvalue weighted by Crippen LogP contribution is -2.39. The summed E-state index contributed by atoms with van der Waals surface area (Å²) in [4.78, 5) is 11.2. The van der Waals surface area contributed by atoms with Crippen molar-refractivity contribution in [2.75, 3.05) is 34.0 Å². The molecule has 1 amide bonds. The van der Waals surface area contributed by atoms with Gasteiger partial charge in [-0.2, -0.15) is 13.2 Å². The van der Waals surface area contributed by atoms with Crippen LogP contribution in [0.15, 0.2) is 78.9 Å². The Balaban J connectivity index is 1.98. The highest BCUT2D eigenvalue weighted by atomic mass is 19.4. The Kier molecular flexibility index (Phi) is 9.54. The Morgan fingerprint density at radius 1 is 0.838 bits per heavy atom. The SMILES string of the molecule is COc1ccc(C(OCC(CO)CCNC(=O)C(F)(F)F)(c2ccccc2)c2ccc(OC)cc2)cc1. The van der Waals surface area contributed by atoms with Gasteiger partial charge in [0.2, 0.25) is 0 Å². The van der Waals surface area contributed by atoms with E-state index in [2.05, 4.69) is 0 Å². The molecule has 3 rings (SSSR count). The summed E-state index contributed by atoms with van der Waals surface area (Å²) in [5.74, 6) is -1.23. The van der Waals surface area contributed by atoms with E-state index < -0.39 is 23.6 Å². The lowest BCUT2D eigenvalue weighted by Gasteiger charge is -2.37. The average Bonchev–Trinajstić information content (AvgIpc) is 2.92. The Hall–Kier alpha value is -3.56. The number of alkyl halides is 3. The molecular formula is C28H30F3NO5. The molecule has 0 radical (unpaired) electrons. The third-order valence-corrected chi connectivity index (χ3v) is 6.06. The van der Waals surface area contributed by atoms with Gasteiger partial charge in [0.1, 0.15) is 17.1 Å². The number of amides is 1. The van der Waals surface area contributed by atoms with Crippen LogP contribution in [0, 0.1) is 5.92 Å². The van der Waals surface area contributed by atoms with E-state index in [1.807, 2.05) is 84.2 Å². The summed E-state index contributed by atoms with van der Waals surface area (Å²) in [6.07, 6.45) is -4.87. The molecule has 0 aliphatic rings. The second-order valence-electron chi connectivity index (χ2n) is 8.41. The predicted molar refractivity (Wildman–Crippen MR) is 133 cm³/mol. The third kappa shape index (κ3) is 6.81. The monoisotopic (exact) mass is 517 g/mol. The van der Waals surface area contributed by atoms with Gasteiger partial charge in [-0.1, -0.05) is 54.6 Å². The number of aliphatic hydroxyl groups is 1. The lowest BCUT2D eigenvalue weighted by molar-refractivity contribution is -0.173. The molecule has 0 bridgehead atoms. The highest BCUT2D eigenvalue weighted by molar-refractivity contribution is 5.81. The Bertz CT molecular complexity index is 1070. The molecule has 198 valence electrons. The fourth-order valence-corrected chi connectivity index (χ4v) is 4.03. The lowest BCUT2D eigenvalue weighted by atomic mass is 9.80. The second kappa shape index (κ2) is 12.6. The van der Waals surface area contributed by atoms with E-state index in [1.165, 1.54) is 0 Å². The van der Waals surface area contributed by atoms with Crippen LogP contribution in [0.3, 0.4) is 0 Å². The molecule has 0 aliphatic carbocycles. The number of hydrogen-bond acceptors (Lipinski definition) is 5. The van der Waals surface area contributed by atoms with Gasteiger partial charge in [-0.3, -0.25) is 4.79 Å². The molecule has 2 N–H and O–H groups in total. The van der Waals surface area contributed by atoms with E-state index in [0.29, 0.717) is 11.5 Å². The van der Waals surface area contributed by atoms with Gasteiger partial charge in [-0.15, -0.1) is 0 Å². The van der Waals surface area contributed by atoms with Crippen LogP contribution < -0.4 is 14.8 Å². The molecule has 37 heavy (non-hydrogen) atoms. The van der Waals surface area contributed by atoms with Gasteiger partial charge in [0.15, 0.2) is 0 Å². The predicted octanol–water partition coefficient (Wildman–Crippen LogP) is 4.69. The van der Waals surface area contributed by atoms with Gasteiger partial charge in [0.05, 0.1) is 20.8 Å². The van der Waals surface area contributed by atoms with Crippen LogP contribution in [0.4, 0.5) is 13.2 Å². The van der Waals surface area contributed by atoms with Crippen LogP contribution in [-0.2, 0) is 15.1 Å². The van der Waals surface area contributed by atoms with Gasteiger partial charge in [0, 0.05) is 19.1 Å². The number of nitrogens with one attached hydrogen (secondary N) is 1. The molecule has 0 spiro atoms. The molecule has 1 atom stereocenters. The zero-order valence-corrected chi connectivity index (χ0v) is 20.6. The smallest absolute Gasteiger partial charge is 0.471 e. The minimum Gasteiger partial charge on any atom is -0.497 e. The fourth-order valence-electron chi connectivity index (χ4n) is 4.03. The Labute approximate surface area is 214 Å². The number of carbonyl (C=O) groups is 1.